The van der Waals surface area contributed by atoms with Crippen LogP contribution < -0.4 is 5.32 Å². The third-order valence-electron chi connectivity index (χ3n) is 2.63. The summed E-state index contributed by atoms with van der Waals surface area (Å²) >= 11 is 12.1. The van der Waals surface area contributed by atoms with E-state index in [-0.39, 0.29) is 6.04 Å². The van der Waals surface area contributed by atoms with Crippen LogP contribution in [0.1, 0.15) is 24.4 Å². The standard InChI is InChI=1S/C12H13Cl2N3O/c1-8(10-6-9(13)2-3-11(10)14)15-5-4-12-16-7-18-17-12/h2-3,6-8,15H,4-5H2,1H3. The van der Waals surface area contributed by atoms with E-state index >= 15 is 0 Å². The molecule has 0 aliphatic heterocycles. The zero-order valence-electron chi connectivity index (χ0n) is 9.86. The van der Waals surface area contributed by atoms with Crippen LogP contribution in [0.5, 0.6) is 0 Å². The van der Waals surface area contributed by atoms with Gasteiger partial charge >= 0.3 is 0 Å². The van der Waals surface area contributed by atoms with Crippen molar-refractivity contribution in [1.82, 2.24) is 15.5 Å². The Bertz CT molecular complexity index is 502. The highest BCUT2D eigenvalue weighted by molar-refractivity contribution is 6.33. The molecule has 1 unspecified atom stereocenters. The van der Waals surface area contributed by atoms with Gasteiger partial charge in [-0.1, -0.05) is 28.4 Å². The molecule has 1 aromatic carbocycles. The molecule has 2 rings (SSSR count). The lowest BCUT2D eigenvalue weighted by atomic mass is 10.1. The van der Waals surface area contributed by atoms with Crippen LogP contribution in [0, 0.1) is 0 Å². The SMILES string of the molecule is CC(NCCc1ncon1)c1cc(Cl)ccc1Cl. The second-order valence-electron chi connectivity index (χ2n) is 3.94. The molecule has 6 heteroatoms. The topological polar surface area (TPSA) is 51.0 Å². The average Bonchev–Trinajstić information content (AvgIpc) is 2.85. The van der Waals surface area contributed by atoms with Crippen molar-refractivity contribution < 1.29 is 4.52 Å². The van der Waals surface area contributed by atoms with E-state index in [0.717, 1.165) is 12.1 Å². The second kappa shape index (κ2) is 6.18. The maximum atomic E-state index is 6.13. The van der Waals surface area contributed by atoms with Gasteiger partial charge in [0.2, 0.25) is 6.39 Å². The highest BCUT2D eigenvalue weighted by atomic mass is 35.5. The molecule has 1 N–H and O–H groups in total. The van der Waals surface area contributed by atoms with Crippen LogP contribution in [0.3, 0.4) is 0 Å². The summed E-state index contributed by atoms with van der Waals surface area (Å²) in [4.78, 5) is 3.95. The minimum atomic E-state index is 0.114. The van der Waals surface area contributed by atoms with Crippen LogP contribution in [0.2, 0.25) is 10.0 Å². The van der Waals surface area contributed by atoms with E-state index in [1.165, 1.54) is 6.39 Å². The Labute approximate surface area is 115 Å². The molecular formula is C12H13Cl2N3O. The Hall–Kier alpha value is -1.10. The molecule has 96 valence electrons. The fraction of sp³-hybridized carbons (Fsp3) is 0.333. The van der Waals surface area contributed by atoms with Gasteiger partial charge in [-0.05, 0) is 30.7 Å². The van der Waals surface area contributed by atoms with Gasteiger partial charge in [-0.2, -0.15) is 4.98 Å². The molecule has 0 spiro atoms. The molecule has 2 aromatic rings. The molecule has 0 amide bonds. The molecule has 0 bridgehead atoms. The molecule has 4 nitrogen and oxygen atoms in total. The molecule has 0 saturated carbocycles. The van der Waals surface area contributed by atoms with Crippen LogP contribution in [0.25, 0.3) is 0 Å². The van der Waals surface area contributed by atoms with Gasteiger partial charge in [0.25, 0.3) is 0 Å². The summed E-state index contributed by atoms with van der Waals surface area (Å²) < 4.78 is 4.66. The fourth-order valence-electron chi connectivity index (χ4n) is 1.66. The normalized spacial score (nSPS) is 12.6. The van der Waals surface area contributed by atoms with E-state index in [2.05, 4.69) is 20.0 Å². The number of nitrogens with one attached hydrogen (secondary N) is 1. The Morgan fingerprint density at radius 3 is 2.94 bits per heavy atom. The number of hydrogen-bond acceptors (Lipinski definition) is 4. The monoisotopic (exact) mass is 285 g/mol. The summed E-state index contributed by atoms with van der Waals surface area (Å²) in [5.41, 5.74) is 0.984. The summed E-state index contributed by atoms with van der Waals surface area (Å²) in [6.07, 6.45) is 2.03. The van der Waals surface area contributed by atoms with E-state index in [4.69, 9.17) is 23.2 Å². The number of rotatable bonds is 5. The van der Waals surface area contributed by atoms with E-state index in [1.807, 2.05) is 13.0 Å². The number of nitrogens with zero attached hydrogens (tertiary/aromatic N) is 2. The largest absolute Gasteiger partial charge is 0.343 e. The first-order valence-corrected chi connectivity index (χ1v) is 6.36. The van der Waals surface area contributed by atoms with Crippen LogP contribution in [0.15, 0.2) is 29.1 Å². The number of halogens is 2. The predicted molar refractivity (Wildman–Crippen MR) is 70.9 cm³/mol. The number of hydrogen-bond donors (Lipinski definition) is 1. The highest BCUT2D eigenvalue weighted by Crippen LogP contribution is 2.25. The van der Waals surface area contributed by atoms with Crippen LogP contribution in [-0.2, 0) is 6.42 Å². The molecule has 1 aromatic heterocycles. The minimum Gasteiger partial charge on any atom is -0.343 e. The van der Waals surface area contributed by atoms with E-state index in [9.17, 15) is 0 Å². The van der Waals surface area contributed by atoms with E-state index in [0.29, 0.717) is 22.3 Å². The lowest BCUT2D eigenvalue weighted by Gasteiger charge is -2.15. The Morgan fingerprint density at radius 2 is 2.22 bits per heavy atom. The van der Waals surface area contributed by atoms with Crippen molar-refractivity contribution in [2.75, 3.05) is 6.54 Å². The van der Waals surface area contributed by atoms with Gasteiger partial charge < -0.3 is 9.84 Å². The first-order chi connectivity index (χ1) is 8.66. The van der Waals surface area contributed by atoms with Crippen molar-refractivity contribution >= 4 is 23.2 Å². The maximum absolute atomic E-state index is 6.13. The van der Waals surface area contributed by atoms with Gasteiger partial charge in [-0.15, -0.1) is 0 Å². The average molecular weight is 286 g/mol. The molecule has 0 fully saturated rings. The van der Waals surface area contributed by atoms with Gasteiger partial charge in [0.05, 0.1) is 0 Å². The Balaban J connectivity index is 1.91. The maximum Gasteiger partial charge on any atom is 0.213 e. The van der Waals surface area contributed by atoms with E-state index in [1.54, 1.807) is 12.1 Å². The third-order valence-corrected chi connectivity index (χ3v) is 3.21. The predicted octanol–water partition coefficient (Wildman–Crippen LogP) is 3.27. The molecule has 1 atom stereocenters. The third kappa shape index (κ3) is 3.45. The zero-order chi connectivity index (χ0) is 13.0. The van der Waals surface area contributed by atoms with Crippen molar-refractivity contribution in [2.24, 2.45) is 0 Å². The minimum absolute atomic E-state index is 0.114. The summed E-state index contributed by atoms with van der Waals surface area (Å²) in [7, 11) is 0. The van der Waals surface area contributed by atoms with Crippen LogP contribution >= 0.6 is 23.2 Å². The van der Waals surface area contributed by atoms with Crippen LogP contribution in [-0.4, -0.2) is 16.7 Å². The van der Waals surface area contributed by atoms with Crippen molar-refractivity contribution in [3.63, 3.8) is 0 Å². The first-order valence-electron chi connectivity index (χ1n) is 5.60. The summed E-state index contributed by atoms with van der Waals surface area (Å²) in [5.74, 6) is 0.687. The quantitative estimate of drug-likeness (QED) is 0.916. The Kier molecular flexibility index (Phi) is 4.58. The van der Waals surface area contributed by atoms with Gasteiger partial charge in [0.15, 0.2) is 5.82 Å². The van der Waals surface area contributed by atoms with Crippen molar-refractivity contribution in [3.05, 3.63) is 46.0 Å². The summed E-state index contributed by atoms with van der Waals surface area (Å²) in [5, 5.41) is 8.47. The Morgan fingerprint density at radius 1 is 1.39 bits per heavy atom. The zero-order valence-corrected chi connectivity index (χ0v) is 11.4. The molecule has 1 heterocycles. The molecule has 18 heavy (non-hydrogen) atoms. The van der Waals surface area contributed by atoms with E-state index < -0.39 is 0 Å². The van der Waals surface area contributed by atoms with Crippen molar-refractivity contribution in [2.45, 2.75) is 19.4 Å². The fourth-order valence-corrected chi connectivity index (χ4v) is 2.12. The second-order valence-corrected chi connectivity index (χ2v) is 4.78. The van der Waals surface area contributed by atoms with Gasteiger partial charge in [-0.3, -0.25) is 0 Å². The molecule has 0 aliphatic rings. The van der Waals surface area contributed by atoms with Crippen molar-refractivity contribution in [3.8, 4) is 0 Å². The summed E-state index contributed by atoms with van der Waals surface area (Å²) in [6, 6.07) is 5.56. The molecule has 0 saturated heterocycles. The molecular weight excluding hydrogens is 273 g/mol. The van der Waals surface area contributed by atoms with Gasteiger partial charge in [-0.25, -0.2) is 0 Å². The highest BCUT2D eigenvalue weighted by Gasteiger charge is 2.10. The molecule has 0 radical (unpaired) electrons. The lowest BCUT2D eigenvalue weighted by Crippen LogP contribution is -2.22. The van der Waals surface area contributed by atoms with Crippen LogP contribution in [0.4, 0.5) is 0 Å². The van der Waals surface area contributed by atoms with Gasteiger partial charge in [0.1, 0.15) is 0 Å². The number of aromatic nitrogens is 2. The lowest BCUT2D eigenvalue weighted by molar-refractivity contribution is 0.408. The first kappa shape index (κ1) is 13.3. The number of benzene rings is 1. The van der Waals surface area contributed by atoms with Gasteiger partial charge in [0, 0.05) is 29.1 Å². The van der Waals surface area contributed by atoms with Crippen molar-refractivity contribution in [1.29, 1.82) is 0 Å². The molecule has 0 aliphatic carbocycles. The smallest absolute Gasteiger partial charge is 0.213 e. The summed E-state index contributed by atoms with van der Waals surface area (Å²) in [6.45, 7) is 2.78.